The van der Waals surface area contributed by atoms with Crippen LogP contribution in [0.2, 0.25) is 0 Å². The highest BCUT2D eigenvalue weighted by Crippen LogP contribution is 2.39. The number of fused-ring (bicyclic) bond motifs is 2. The second kappa shape index (κ2) is 5.36. The third-order valence-electron chi connectivity index (χ3n) is 4.13. The Morgan fingerprint density at radius 3 is 2.71 bits per heavy atom. The third kappa shape index (κ3) is 2.50. The van der Waals surface area contributed by atoms with Crippen molar-refractivity contribution in [1.82, 2.24) is 4.98 Å². The lowest BCUT2D eigenvalue weighted by Crippen LogP contribution is -2.20. The predicted molar refractivity (Wildman–Crippen MR) is 90.0 cm³/mol. The van der Waals surface area contributed by atoms with Gasteiger partial charge in [0.25, 0.3) is 0 Å². The van der Waals surface area contributed by atoms with Crippen molar-refractivity contribution in [3.05, 3.63) is 37.9 Å². The Morgan fingerprint density at radius 1 is 1.33 bits per heavy atom. The molecule has 2 aromatic rings. The van der Waals surface area contributed by atoms with E-state index in [0.29, 0.717) is 22.8 Å². The summed E-state index contributed by atoms with van der Waals surface area (Å²) in [5.41, 5.74) is 3.00. The molecule has 1 N–H and O–H groups in total. The van der Waals surface area contributed by atoms with Gasteiger partial charge in [-0.25, -0.2) is 4.79 Å². The second-order valence-electron chi connectivity index (χ2n) is 5.89. The van der Waals surface area contributed by atoms with E-state index in [-0.39, 0.29) is 0 Å². The molecule has 1 aromatic heterocycles. The minimum atomic E-state index is -0.870. The molecular formula is C16H15Br2NO2. The monoisotopic (exact) mass is 411 g/mol. The maximum absolute atomic E-state index is 11.9. The number of nitrogens with zero attached hydrogens (tertiary/aromatic N) is 1. The lowest BCUT2D eigenvalue weighted by Gasteiger charge is -2.28. The van der Waals surface area contributed by atoms with Crippen LogP contribution in [0.1, 0.15) is 47.8 Å². The van der Waals surface area contributed by atoms with Crippen molar-refractivity contribution in [2.24, 2.45) is 5.92 Å². The minimum Gasteiger partial charge on any atom is -0.478 e. The first-order chi connectivity index (χ1) is 9.88. The molecular weight excluding hydrogens is 398 g/mol. The van der Waals surface area contributed by atoms with Crippen LogP contribution in [-0.4, -0.2) is 16.1 Å². The Hall–Kier alpha value is -0.940. The highest BCUT2D eigenvalue weighted by Gasteiger charge is 2.29. The number of aromatic nitrogens is 1. The van der Waals surface area contributed by atoms with E-state index in [1.54, 1.807) is 0 Å². The van der Waals surface area contributed by atoms with Crippen molar-refractivity contribution in [3.8, 4) is 0 Å². The molecule has 1 heterocycles. The summed E-state index contributed by atoms with van der Waals surface area (Å²) in [6.07, 6.45) is 1.84. The molecule has 3 nitrogen and oxygen atoms in total. The molecule has 1 aromatic carbocycles. The highest BCUT2D eigenvalue weighted by atomic mass is 79.9. The molecule has 0 aliphatic heterocycles. The summed E-state index contributed by atoms with van der Waals surface area (Å²) in [6, 6.07) is 3.75. The Kier molecular flexibility index (Phi) is 3.82. The standard InChI is InChI=1S/C16H15Br2NO2/c1-7-3-8(2)14-10(4-7)13(16(20)21)11-5-9(17)6-12(18)15(11)19-14/h5-8H,3-4H2,1-2H3,(H,20,21). The van der Waals surface area contributed by atoms with Crippen LogP contribution in [0.5, 0.6) is 0 Å². The van der Waals surface area contributed by atoms with Gasteiger partial charge in [-0.2, -0.15) is 0 Å². The molecule has 110 valence electrons. The number of carboxylic acids is 1. The first-order valence-corrected chi connectivity index (χ1v) is 8.52. The number of hydrogen-bond donors (Lipinski definition) is 1. The van der Waals surface area contributed by atoms with E-state index in [4.69, 9.17) is 4.98 Å². The van der Waals surface area contributed by atoms with Crippen LogP contribution in [0.4, 0.5) is 0 Å². The third-order valence-corrected chi connectivity index (χ3v) is 5.19. The molecule has 2 unspecified atom stereocenters. The van der Waals surface area contributed by atoms with Crippen molar-refractivity contribution in [1.29, 1.82) is 0 Å². The number of hydrogen-bond acceptors (Lipinski definition) is 2. The van der Waals surface area contributed by atoms with Gasteiger partial charge in [-0.05, 0) is 58.3 Å². The number of aromatic carboxylic acids is 1. The van der Waals surface area contributed by atoms with Crippen LogP contribution in [0.3, 0.4) is 0 Å². The number of rotatable bonds is 1. The van der Waals surface area contributed by atoms with E-state index in [9.17, 15) is 9.90 Å². The fourth-order valence-corrected chi connectivity index (χ4v) is 4.67. The zero-order valence-electron chi connectivity index (χ0n) is 11.8. The molecule has 0 saturated carbocycles. The smallest absolute Gasteiger partial charge is 0.336 e. The number of benzene rings is 1. The Balaban J connectivity index is 2.45. The molecule has 0 fully saturated rings. The number of pyridine rings is 1. The van der Waals surface area contributed by atoms with Gasteiger partial charge >= 0.3 is 5.97 Å². The Bertz CT molecular complexity index is 758. The fraction of sp³-hybridized carbons (Fsp3) is 0.375. The second-order valence-corrected chi connectivity index (χ2v) is 7.66. The SMILES string of the molecule is CC1Cc2c(nc3c(Br)cc(Br)cc3c2C(=O)O)C(C)C1. The molecule has 3 rings (SSSR count). The summed E-state index contributed by atoms with van der Waals surface area (Å²) in [6.45, 7) is 4.30. The lowest BCUT2D eigenvalue weighted by molar-refractivity contribution is 0.0697. The van der Waals surface area contributed by atoms with Gasteiger partial charge < -0.3 is 5.11 Å². The molecule has 0 saturated heterocycles. The van der Waals surface area contributed by atoms with E-state index in [1.165, 1.54) is 0 Å². The normalized spacial score (nSPS) is 21.3. The molecule has 5 heteroatoms. The van der Waals surface area contributed by atoms with Crippen molar-refractivity contribution >= 4 is 48.7 Å². The number of halogens is 2. The Labute approximate surface area is 140 Å². The van der Waals surface area contributed by atoms with E-state index in [2.05, 4.69) is 45.7 Å². The van der Waals surface area contributed by atoms with Crippen molar-refractivity contribution < 1.29 is 9.90 Å². The van der Waals surface area contributed by atoms with Crippen molar-refractivity contribution in [2.75, 3.05) is 0 Å². The van der Waals surface area contributed by atoms with E-state index < -0.39 is 5.97 Å². The molecule has 0 spiro atoms. The minimum absolute atomic E-state index is 0.293. The molecule has 0 amide bonds. The molecule has 1 aliphatic carbocycles. The molecule has 21 heavy (non-hydrogen) atoms. The van der Waals surface area contributed by atoms with Crippen LogP contribution in [0.25, 0.3) is 10.9 Å². The number of carboxylic acid groups (broad SMARTS) is 1. The highest BCUT2D eigenvalue weighted by molar-refractivity contribution is 9.11. The fourth-order valence-electron chi connectivity index (χ4n) is 3.35. The van der Waals surface area contributed by atoms with Gasteiger partial charge in [0, 0.05) is 20.0 Å². The van der Waals surface area contributed by atoms with Crippen LogP contribution < -0.4 is 0 Å². The van der Waals surface area contributed by atoms with Gasteiger partial charge in [-0.1, -0.05) is 29.8 Å². The summed E-state index contributed by atoms with van der Waals surface area (Å²) in [5.74, 6) is -0.0906. The summed E-state index contributed by atoms with van der Waals surface area (Å²) < 4.78 is 1.67. The van der Waals surface area contributed by atoms with Gasteiger partial charge in [0.2, 0.25) is 0 Å². The van der Waals surface area contributed by atoms with Crippen LogP contribution in [0.15, 0.2) is 21.1 Å². The summed E-state index contributed by atoms with van der Waals surface area (Å²) >= 11 is 6.94. The van der Waals surface area contributed by atoms with Gasteiger partial charge in [0.1, 0.15) is 0 Å². The van der Waals surface area contributed by atoms with Crippen LogP contribution >= 0.6 is 31.9 Å². The van der Waals surface area contributed by atoms with Gasteiger partial charge in [0.15, 0.2) is 0 Å². The molecule has 2 atom stereocenters. The predicted octanol–water partition coefficient (Wildman–Crippen LogP) is 5.14. The Morgan fingerprint density at radius 2 is 2.05 bits per heavy atom. The maximum atomic E-state index is 11.9. The van der Waals surface area contributed by atoms with Crippen LogP contribution in [-0.2, 0) is 6.42 Å². The van der Waals surface area contributed by atoms with Gasteiger partial charge in [-0.15, -0.1) is 0 Å². The van der Waals surface area contributed by atoms with Crippen molar-refractivity contribution in [2.45, 2.75) is 32.6 Å². The van der Waals surface area contributed by atoms with E-state index in [1.807, 2.05) is 12.1 Å². The summed E-state index contributed by atoms with van der Waals surface area (Å²) in [4.78, 5) is 16.6. The lowest BCUT2D eigenvalue weighted by atomic mass is 9.79. The first kappa shape index (κ1) is 15.0. The van der Waals surface area contributed by atoms with Crippen LogP contribution in [0, 0.1) is 5.92 Å². The molecule has 1 aliphatic rings. The quantitative estimate of drug-likeness (QED) is 0.704. The van der Waals surface area contributed by atoms with Crippen molar-refractivity contribution in [3.63, 3.8) is 0 Å². The topological polar surface area (TPSA) is 50.2 Å². The zero-order chi connectivity index (χ0) is 15.3. The van der Waals surface area contributed by atoms with E-state index >= 15 is 0 Å². The average molecular weight is 413 g/mol. The maximum Gasteiger partial charge on any atom is 0.336 e. The largest absolute Gasteiger partial charge is 0.478 e. The van der Waals surface area contributed by atoms with E-state index in [0.717, 1.165) is 38.6 Å². The number of carbonyl (C=O) groups is 1. The van der Waals surface area contributed by atoms with Gasteiger partial charge in [0.05, 0.1) is 11.1 Å². The molecule has 0 radical (unpaired) electrons. The average Bonchev–Trinajstić information content (AvgIpc) is 2.35. The van der Waals surface area contributed by atoms with Gasteiger partial charge in [-0.3, -0.25) is 4.98 Å². The first-order valence-electron chi connectivity index (χ1n) is 6.93. The molecule has 0 bridgehead atoms. The summed E-state index contributed by atoms with van der Waals surface area (Å²) in [5, 5.41) is 10.4. The summed E-state index contributed by atoms with van der Waals surface area (Å²) in [7, 11) is 0. The zero-order valence-corrected chi connectivity index (χ0v) is 15.0.